The number of aromatic nitrogens is 2. The van der Waals surface area contributed by atoms with Crippen molar-refractivity contribution >= 4 is 5.95 Å². The molecule has 1 N–H and O–H groups in total. The highest BCUT2D eigenvalue weighted by Gasteiger charge is 2.09. The van der Waals surface area contributed by atoms with Crippen LogP contribution < -0.4 is 5.32 Å². The van der Waals surface area contributed by atoms with Crippen LogP contribution in [0.3, 0.4) is 0 Å². The van der Waals surface area contributed by atoms with Crippen LogP contribution in [0.4, 0.5) is 5.95 Å². The van der Waals surface area contributed by atoms with Crippen molar-refractivity contribution in [3.8, 4) is 0 Å². The van der Waals surface area contributed by atoms with Crippen molar-refractivity contribution in [2.24, 2.45) is 0 Å². The zero-order chi connectivity index (χ0) is 11.1. The molecule has 4 heteroatoms. The van der Waals surface area contributed by atoms with E-state index in [1.54, 1.807) is 7.11 Å². The standard InChI is InChI=1S/C11H21N3O/c1-4-10(5-2)14-8-6-12-11(14)13-7-9-15-3/h6,8,10H,4-5,7,9H2,1-3H3,(H,12,13). The Kier molecular flexibility index (Phi) is 5.18. The number of rotatable bonds is 7. The lowest BCUT2D eigenvalue weighted by Crippen LogP contribution is -2.15. The van der Waals surface area contributed by atoms with Crippen LogP contribution in [0, 0.1) is 0 Å². The van der Waals surface area contributed by atoms with Crippen molar-refractivity contribution in [2.75, 3.05) is 25.6 Å². The highest BCUT2D eigenvalue weighted by atomic mass is 16.5. The van der Waals surface area contributed by atoms with E-state index in [1.807, 2.05) is 12.4 Å². The van der Waals surface area contributed by atoms with Crippen LogP contribution >= 0.6 is 0 Å². The predicted molar refractivity (Wildman–Crippen MR) is 62.2 cm³/mol. The average Bonchev–Trinajstić information content (AvgIpc) is 2.69. The Labute approximate surface area is 91.7 Å². The van der Waals surface area contributed by atoms with Crippen molar-refractivity contribution in [1.82, 2.24) is 9.55 Å². The van der Waals surface area contributed by atoms with Crippen molar-refractivity contribution in [2.45, 2.75) is 32.7 Å². The van der Waals surface area contributed by atoms with Gasteiger partial charge in [0.05, 0.1) is 6.61 Å². The Balaban J connectivity index is 2.59. The molecule has 1 aromatic heterocycles. The highest BCUT2D eigenvalue weighted by Crippen LogP contribution is 2.19. The number of methoxy groups -OCH3 is 1. The maximum Gasteiger partial charge on any atom is 0.203 e. The Hall–Kier alpha value is -1.03. The number of nitrogens with zero attached hydrogens (tertiary/aromatic N) is 2. The van der Waals surface area contributed by atoms with E-state index in [2.05, 4.69) is 28.7 Å². The summed E-state index contributed by atoms with van der Waals surface area (Å²) >= 11 is 0. The molecule has 0 aromatic carbocycles. The molecule has 0 amide bonds. The van der Waals surface area contributed by atoms with Gasteiger partial charge in [0.25, 0.3) is 0 Å². The van der Waals surface area contributed by atoms with Gasteiger partial charge in [-0.3, -0.25) is 0 Å². The zero-order valence-electron chi connectivity index (χ0n) is 9.86. The summed E-state index contributed by atoms with van der Waals surface area (Å²) in [5.74, 6) is 0.945. The lowest BCUT2D eigenvalue weighted by Gasteiger charge is -2.17. The maximum atomic E-state index is 4.99. The molecule has 0 spiro atoms. The lowest BCUT2D eigenvalue weighted by atomic mass is 10.2. The van der Waals surface area contributed by atoms with Crippen LogP contribution in [0.15, 0.2) is 12.4 Å². The summed E-state index contributed by atoms with van der Waals surface area (Å²) in [7, 11) is 1.70. The molecule has 0 aliphatic rings. The number of hydrogen-bond donors (Lipinski definition) is 1. The quantitative estimate of drug-likeness (QED) is 0.703. The molecule has 0 saturated heterocycles. The molecule has 0 aliphatic heterocycles. The first-order valence-corrected chi connectivity index (χ1v) is 5.59. The average molecular weight is 211 g/mol. The summed E-state index contributed by atoms with van der Waals surface area (Å²) in [4.78, 5) is 4.30. The Morgan fingerprint density at radius 1 is 1.47 bits per heavy atom. The first kappa shape index (κ1) is 12.0. The van der Waals surface area contributed by atoms with E-state index in [0.29, 0.717) is 12.6 Å². The molecule has 0 saturated carbocycles. The van der Waals surface area contributed by atoms with E-state index in [0.717, 1.165) is 25.3 Å². The Morgan fingerprint density at radius 3 is 2.80 bits per heavy atom. The van der Waals surface area contributed by atoms with Crippen molar-refractivity contribution in [3.05, 3.63) is 12.4 Å². The molecule has 86 valence electrons. The van der Waals surface area contributed by atoms with E-state index in [9.17, 15) is 0 Å². The van der Waals surface area contributed by atoms with E-state index in [-0.39, 0.29) is 0 Å². The topological polar surface area (TPSA) is 39.1 Å². The second-order valence-electron chi connectivity index (χ2n) is 3.55. The molecule has 0 atom stereocenters. The summed E-state index contributed by atoms with van der Waals surface area (Å²) in [6.07, 6.45) is 6.14. The number of anilines is 1. The first-order valence-electron chi connectivity index (χ1n) is 5.59. The molecule has 4 nitrogen and oxygen atoms in total. The van der Waals surface area contributed by atoms with E-state index in [1.165, 1.54) is 0 Å². The van der Waals surface area contributed by atoms with E-state index < -0.39 is 0 Å². The Morgan fingerprint density at radius 2 is 2.20 bits per heavy atom. The largest absolute Gasteiger partial charge is 0.383 e. The van der Waals surface area contributed by atoms with Gasteiger partial charge in [0, 0.05) is 32.1 Å². The van der Waals surface area contributed by atoms with Crippen LogP contribution in [-0.2, 0) is 4.74 Å². The maximum absolute atomic E-state index is 4.99. The highest BCUT2D eigenvalue weighted by molar-refractivity contribution is 5.26. The molecule has 0 aliphatic carbocycles. The molecule has 0 unspecified atom stereocenters. The Bertz CT molecular complexity index is 269. The number of hydrogen-bond acceptors (Lipinski definition) is 3. The molecular weight excluding hydrogens is 190 g/mol. The second kappa shape index (κ2) is 6.45. The van der Waals surface area contributed by atoms with Gasteiger partial charge in [0.1, 0.15) is 0 Å². The molecule has 0 fully saturated rings. The number of nitrogens with one attached hydrogen (secondary N) is 1. The lowest BCUT2D eigenvalue weighted by molar-refractivity contribution is 0.210. The van der Waals surface area contributed by atoms with Crippen LogP contribution in [0.25, 0.3) is 0 Å². The summed E-state index contributed by atoms with van der Waals surface area (Å²) < 4.78 is 7.20. The van der Waals surface area contributed by atoms with Gasteiger partial charge >= 0.3 is 0 Å². The summed E-state index contributed by atoms with van der Waals surface area (Å²) in [6.45, 7) is 5.91. The van der Waals surface area contributed by atoms with Gasteiger partial charge < -0.3 is 14.6 Å². The van der Waals surface area contributed by atoms with Crippen LogP contribution in [0.5, 0.6) is 0 Å². The minimum absolute atomic E-state index is 0.539. The van der Waals surface area contributed by atoms with Crippen molar-refractivity contribution in [1.29, 1.82) is 0 Å². The minimum Gasteiger partial charge on any atom is -0.383 e. The van der Waals surface area contributed by atoms with Crippen LogP contribution in [0.2, 0.25) is 0 Å². The molecule has 1 rings (SSSR count). The number of imidazole rings is 1. The summed E-state index contributed by atoms with van der Waals surface area (Å²) in [5.41, 5.74) is 0. The van der Waals surface area contributed by atoms with E-state index in [4.69, 9.17) is 4.74 Å². The molecule has 1 aromatic rings. The smallest absolute Gasteiger partial charge is 0.203 e. The summed E-state index contributed by atoms with van der Waals surface area (Å²) in [5, 5.41) is 3.27. The van der Waals surface area contributed by atoms with E-state index >= 15 is 0 Å². The van der Waals surface area contributed by atoms with Gasteiger partial charge in [0.2, 0.25) is 5.95 Å². The third kappa shape index (κ3) is 3.23. The molecular formula is C11H21N3O. The zero-order valence-corrected chi connectivity index (χ0v) is 9.86. The monoisotopic (exact) mass is 211 g/mol. The third-order valence-electron chi connectivity index (χ3n) is 2.59. The van der Waals surface area contributed by atoms with Gasteiger partial charge in [-0.1, -0.05) is 13.8 Å². The van der Waals surface area contributed by atoms with Crippen molar-refractivity contribution in [3.63, 3.8) is 0 Å². The molecule has 1 heterocycles. The first-order chi connectivity index (χ1) is 7.33. The van der Waals surface area contributed by atoms with Gasteiger partial charge in [-0.25, -0.2) is 4.98 Å². The van der Waals surface area contributed by atoms with Crippen molar-refractivity contribution < 1.29 is 4.74 Å². The second-order valence-corrected chi connectivity index (χ2v) is 3.55. The van der Waals surface area contributed by atoms with Gasteiger partial charge in [-0.05, 0) is 12.8 Å². The molecule has 15 heavy (non-hydrogen) atoms. The van der Waals surface area contributed by atoms with Crippen LogP contribution in [-0.4, -0.2) is 29.8 Å². The fraction of sp³-hybridized carbons (Fsp3) is 0.727. The minimum atomic E-state index is 0.539. The van der Waals surface area contributed by atoms with Gasteiger partial charge in [-0.2, -0.15) is 0 Å². The van der Waals surface area contributed by atoms with Gasteiger partial charge in [-0.15, -0.1) is 0 Å². The van der Waals surface area contributed by atoms with Crippen LogP contribution in [0.1, 0.15) is 32.7 Å². The summed E-state index contributed by atoms with van der Waals surface area (Å²) in [6, 6.07) is 0.539. The SMILES string of the molecule is CCC(CC)n1ccnc1NCCOC. The predicted octanol–water partition coefficient (Wildman–Crippen LogP) is 2.30. The molecule has 0 bridgehead atoms. The number of ether oxygens (including phenoxy) is 1. The third-order valence-corrected chi connectivity index (χ3v) is 2.59. The normalized spacial score (nSPS) is 10.9. The van der Waals surface area contributed by atoms with Gasteiger partial charge in [0.15, 0.2) is 0 Å². The fourth-order valence-electron chi connectivity index (χ4n) is 1.69. The molecule has 0 radical (unpaired) electrons. The fourth-order valence-corrected chi connectivity index (χ4v) is 1.69.